The molecule has 2 aliphatic heterocycles. The lowest BCUT2D eigenvalue weighted by molar-refractivity contribution is -0.385. The first-order valence-corrected chi connectivity index (χ1v) is 13.2. The van der Waals surface area contributed by atoms with E-state index in [-0.39, 0.29) is 72.2 Å². The molecule has 0 radical (unpaired) electrons. The zero-order valence-electron chi connectivity index (χ0n) is 23.7. The summed E-state index contributed by atoms with van der Waals surface area (Å²) in [5.74, 6) is -0.236. The molecule has 1 unspecified atom stereocenters. The Bertz CT molecular complexity index is 1340. The van der Waals surface area contributed by atoms with E-state index in [0.717, 1.165) is 0 Å². The van der Waals surface area contributed by atoms with E-state index in [2.05, 4.69) is 4.74 Å². The van der Waals surface area contributed by atoms with E-state index in [1.807, 2.05) is 0 Å². The number of Topliss-reactive ketones (excluding diaryl/α,β-unsaturated/α-hetero) is 2. The summed E-state index contributed by atoms with van der Waals surface area (Å²) in [6.45, 7) is 7.82. The molecule has 0 bridgehead atoms. The molecule has 0 amide bonds. The van der Waals surface area contributed by atoms with Crippen molar-refractivity contribution in [3.8, 4) is 11.5 Å². The summed E-state index contributed by atoms with van der Waals surface area (Å²) < 4.78 is 20.3. The normalized spacial score (nSPS) is 16.4. The maximum Gasteiger partial charge on any atom is 0.309 e. The number of hydrogen-bond donors (Lipinski definition) is 0. The van der Waals surface area contributed by atoms with Crippen LogP contribution in [0.1, 0.15) is 74.1 Å². The van der Waals surface area contributed by atoms with E-state index in [9.17, 15) is 39.4 Å². The lowest BCUT2D eigenvalue weighted by Crippen LogP contribution is -2.29. The number of nitro groups is 2. The van der Waals surface area contributed by atoms with E-state index < -0.39 is 21.9 Å². The summed E-state index contributed by atoms with van der Waals surface area (Å²) in [6.07, 6.45) is -0.00711. The summed E-state index contributed by atoms with van der Waals surface area (Å²) in [5.41, 5.74) is 0.242. The number of esters is 2. The summed E-state index contributed by atoms with van der Waals surface area (Å²) in [6, 6.07) is 7.91. The third-order valence-corrected chi connectivity index (χ3v) is 5.75. The molecule has 2 heterocycles. The van der Waals surface area contributed by atoms with Gasteiger partial charge in [-0.15, -0.1) is 0 Å². The maximum atomic E-state index is 12.0. The molecule has 42 heavy (non-hydrogen) atoms. The molecular formula is C28H32N2O12. The van der Waals surface area contributed by atoms with Gasteiger partial charge < -0.3 is 18.9 Å². The van der Waals surface area contributed by atoms with Crippen molar-refractivity contribution < 1.29 is 48.0 Å². The number of nitrogens with zero attached hydrogens (tertiary/aromatic N) is 2. The van der Waals surface area contributed by atoms with Gasteiger partial charge in [0, 0.05) is 43.5 Å². The largest absolute Gasteiger partial charge is 0.489 e. The van der Waals surface area contributed by atoms with E-state index in [0.29, 0.717) is 24.3 Å². The molecule has 2 aromatic rings. The van der Waals surface area contributed by atoms with Crippen LogP contribution in [0.15, 0.2) is 36.4 Å². The van der Waals surface area contributed by atoms with Gasteiger partial charge in [-0.1, -0.05) is 6.92 Å². The number of rotatable bonds is 7. The molecule has 0 aliphatic carbocycles. The van der Waals surface area contributed by atoms with Gasteiger partial charge in [0.2, 0.25) is 0 Å². The summed E-state index contributed by atoms with van der Waals surface area (Å²) in [5, 5.41) is 21.2. The van der Waals surface area contributed by atoms with Crippen LogP contribution in [0.2, 0.25) is 0 Å². The Balaban J connectivity index is 0.000000246. The van der Waals surface area contributed by atoms with Crippen LogP contribution in [0.4, 0.5) is 11.4 Å². The minimum atomic E-state index is -0.587. The lowest BCUT2D eigenvalue weighted by atomic mass is 9.98. The third-order valence-electron chi connectivity index (χ3n) is 5.75. The first-order chi connectivity index (χ1) is 19.9. The number of nitro benzene ring substituents is 2. The van der Waals surface area contributed by atoms with Crippen molar-refractivity contribution in [2.24, 2.45) is 0 Å². The second-order valence-electron chi connectivity index (χ2n) is 8.97. The van der Waals surface area contributed by atoms with Gasteiger partial charge in [-0.05, 0) is 32.9 Å². The predicted octanol–water partition coefficient (Wildman–Crippen LogP) is 4.79. The fourth-order valence-corrected chi connectivity index (χ4v) is 3.85. The van der Waals surface area contributed by atoms with Crippen molar-refractivity contribution in [1.82, 2.24) is 0 Å². The third kappa shape index (κ3) is 9.64. The highest BCUT2D eigenvalue weighted by Gasteiger charge is 2.30. The summed E-state index contributed by atoms with van der Waals surface area (Å²) in [7, 11) is 0. The maximum absolute atomic E-state index is 12.0. The van der Waals surface area contributed by atoms with Crippen LogP contribution in [0.5, 0.6) is 11.5 Å². The molecule has 0 saturated heterocycles. The highest BCUT2D eigenvalue weighted by Crippen LogP contribution is 2.32. The minimum Gasteiger partial charge on any atom is -0.489 e. The molecule has 0 saturated carbocycles. The zero-order valence-corrected chi connectivity index (χ0v) is 23.7. The molecule has 14 nitrogen and oxygen atoms in total. The molecule has 0 N–H and O–H groups in total. The Morgan fingerprint density at radius 3 is 1.74 bits per heavy atom. The highest BCUT2D eigenvalue weighted by molar-refractivity contribution is 6.01. The second-order valence-corrected chi connectivity index (χ2v) is 8.97. The first-order valence-electron chi connectivity index (χ1n) is 13.2. The Hall–Kier alpha value is -4.88. The van der Waals surface area contributed by atoms with Crippen LogP contribution >= 0.6 is 0 Å². The molecule has 0 aromatic heterocycles. The Kier molecular flexibility index (Phi) is 12.5. The van der Waals surface area contributed by atoms with Crippen molar-refractivity contribution in [2.75, 3.05) is 13.2 Å². The van der Waals surface area contributed by atoms with Crippen LogP contribution in [-0.4, -0.2) is 58.8 Å². The number of hydrogen-bond acceptors (Lipinski definition) is 12. The summed E-state index contributed by atoms with van der Waals surface area (Å²) >= 11 is 0. The molecular weight excluding hydrogens is 556 g/mol. The van der Waals surface area contributed by atoms with Gasteiger partial charge >= 0.3 is 11.9 Å². The Morgan fingerprint density at radius 1 is 0.810 bits per heavy atom. The highest BCUT2D eigenvalue weighted by atomic mass is 16.6. The van der Waals surface area contributed by atoms with Crippen molar-refractivity contribution in [3.63, 3.8) is 0 Å². The van der Waals surface area contributed by atoms with Gasteiger partial charge in [-0.2, -0.15) is 0 Å². The van der Waals surface area contributed by atoms with Gasteiger partial charge in [-0.3, -0.25) is 39.4 Å². The predicted molar refractivity (Wildman–Crippen MR) is 147 cm³/mol. The van der Waals surface area contributed by atoms with Gasteiger partial charge in [0.05, 0.1) is 40.6 Å². The molecule has 4 rings (SSSR count). The van der Waals surface area contributed by atoms with E-state index in [1.54, 1.807) is 27.7 Å². The van der Waals surface area contributed by atoms with Gasteiger partial charge in [-0.25, -0.2) is 0 Å². The SMILES string of the molecule is CCOC(=O)CC.CCOC(=O)CC1CC(=O)c2cc([N+](=O)[O-])ccc2O1.C[C@@H]1CC(=O)c2cc([N+](=O)[O-])ccc2O1. The molecule has 14 heteroatoms. The fraction of sp³-hybridized carbons (Fsp3) is 0.429. The minimum absolute atomic E-state index is 0.00693. The number of carbonyl (C=O) groups excluding carboxylic acids is 4. The molecule has 0 spiro atoms. The zero-order chi connectivity index (χ0) is 31.4. The Labute approximate surface area is 241 Å². The second kappa shape index (κ2) is 15.8. The number of ketones is 2. The van der Waals surface area contributed by atoms with Crippen LogP contribution in [0, 0.1) is 20.2 Å². The van der Waals surface area contributed by atoms with E-state index in [4.69, 9.17) is 14.2 Å². The number of non-ortho nitro benzene ring substituents is 2. The molecule has 2 aliphatic rings. The average Bonchev–Trinajstić information content (AvgIpc) is 2.93. The molecule has 226 valence electrons. The number of ether oxygens (including phenoxy) is 4. The number of carbonyl (C=O) groups is 4. The van der Waals surface area contributed by atoms with Gasteiger partial charge in [0.1, 0.15) is 23.7 Å². The molecule has 2 aromatic carbocycles. The number of benzene rings is 2. The van der Waals surface area contributed by atoms with Gasteiger partial charge in [0.25, 0.3) is 11.4 Å². The standard InChI is InChI=1S/C13H13NO6.C10H9NO4.C5H10O2/c1-2-19-13(16)7-9-6-11(15)10-5-8(14(17)18)3-4-12(10)20-9;1-6-4-9(12)8-5-7(11(13)14)2-3-10(8)15-6;1-3-5(6)7-4-2/h3-5,9H,2,6-7H2,1H3;2-3,5-6H,4H2,1H3;3-4H2,1-2H3/t;6-;/m.1./s1. The quantitative estimate of drug-likeness (QED) is 0.244. The van der Waals surface area contributed by atoms with Crippen molar-refractivity contribution in [2.45, 2.75) is 65.6 Å². The summed E-state index contributed by atoms with van der Waals surface area (Å²) in [4.78, 5) is 65.2. The first kappa shape index (κ1) is 33.3. The molecule has 2 atom stereocenters. The van der Waals surface area contributed by atoms with E-state index >= 15 is 0 Å². The van der Waals surface area contributed by atoms with Gasteiger partial charge in [0.15, 0.2) is 11.6 Å². The number of fused-ring (bicyclic) bond motifs is 2. The van der Waals surface area contributed by atoms with Crippen LogP contribution in [-0.2, 0) is 19.1 Å². The van der Waals surface area contributed by atoms with Crippen molar-refractivity contribution in [1.29, 1.82) is 0 Å². The van der Waals surface area contributed by atoms with Crippen molar-refractivity contribution >= 4 is 34.9 Å². The van der Waals surface area contributed by atoms with E-state index in [1.165, 1.54) is 36.4 Å². The smallest absolute Gasteiger partial charge is 0.309 e. The van der Waals surface area contributed by atoms with Crippen LogP contribution < -0.4 is 9.47 Å². The topological polar surface area (TPSA) is 191 Å². The lowest BCUT2D eigenvalue weighted by Gasteiger charge is -2.24. The van der Waals surface area contributed by atoms with Crippen LogP contribution in [0.25, 0.3) is 0 Å². The van der Waals surface area contributed by atoms with Crippen LogP contribution in [0.3, 0.4) is 0 Å². The monoisotopic (exact) mass is 588 g/mol. The fourth-order valence-electron chi connectivity index (χ4n) is 3.85. The average molecular weight is 589 g/mol. The van der Waals surface area contributed by atoms with Crippen molar-refractivity contribution in [3.05, 3.63) is 67.8 Å². The Morgan fingerprint density at radius 2 is 1.29 bits per heavy atom. The molecule has 0 fully saturated rings.